The molecule has 0 heterocycles. The van der Waals surface area contributed by atoms with Crippen molar-refractivity contribution in [1.29, 1.82) is 0 Å². The third-order valence-electron chi connectivity index (χ3n) is 2.34. The van der Waals surface area contributed by atoms with Crippen LogP contribution in [0.3, 0.4) is 0 Å². The van der Waals surface area contributed by atoms with Crippen LogP contribution in [-0.4, -0.2) is 10.9 Å². The Hall–Kier alpha value is -1.96. The van der Waals surface area contributed by atoms with E-state index in [4.69, 9.17) is 0 Å². The van der Waals surface area contributed by atoms with E-state index in [-0.39, 0.29) is 11.3 Å². The number of carbonyl (C=O) groups excluding carboxylic acids is 1. The molecule has 5 nitrogen and oxygen atoms in total. The fourth-order valence-corrected chi connectivity index (χ4v) is 3.92. The molecule has 0 N–H and O–H groups in total. The van der Waals surface area contributed by atoms with E-state index in [9.17, 15) is 20.0 Å². The van der Waals surface area contributed by atoms with Gasteiger partial charge in [0, 0.05) is 0 Å². The molecule has 0 radical (unpaired) electrons. The summed E-state index contributed by atoms with van der Waals surface area (Å²) in [4.78, 5) is 21.1. The molecule has 0 aliphatic carbocycles. The molecular weight excluding hydrogens is 361 g/mol. The van der Waals surface area contributed by atoms with Gasteiger partial charge in [0.25, 0.3) is 0 Å². The van der Waals surface area contributed by atoms with Crippen molar-refractivity contribution in [3.8, 4) is 0 Å². The van der Waals surface area contributed by atoms with Gasteiger partial charge in [0.2, 0.25) is 0 Å². The molecule has 2 rings (SSSR count). The molecule has 0 aliphatic heterocycles. The van der Waals surface area contributed by atoms with E-state index in [0.717, 1.165) is 7.14 Å². The Balaban J connectivity index is 2.26. The van der Waals surface area contributed by atoms with Gasteiger partial charge in [-0.1, -0.05) is 0 Å². The first-order chi connectivity index (χ1) is 9.08. The first-order valence-electron chi connectivity index (χ1n) is 5.27. The average molecular weight is 369 g/mol. The minimum absolute atomic E-state index is 0.0287. The average Bonchev–Trinajstić information content (AvgIpc) is 2.39. The van der Waals surface area contributed by atoms with Gasteiger partial charge in [0.05, 0.1) is 0 Å². The van der Waals surface area contributed by atoms with Gasteiger partial charge in [-0.2, -0.15) is 0 Å². The second kappa shape index (κ2) is 5.79. The normalized spacial score (nSPS) is 10.3. The van der Waals surface area contributed by atoms with E-state index >= 15 is 0 Å². The molecule has 0 saturated carbocycles. The minimum atomic E-state index is -1.20. The number of benzene rings is 2. The van der Waals surface area contributed by atoms with Crippen LogP contribution in [-0.2, 0) is 0 Å². The summed E-state index contributed by atoms with van der Waals surface area (Å²) in [6.07, 6.45) is 0. The number of halogens is 1. The van der Waals surface area contributed by atoms with E-state index in [0.29, 0.717) is 0 Å². The summed E-state index contributed by atoms with van der Waals surface area (Å²) < 4.78 is 1.65. The van der Waals surface area contributed by atoms with E-state index in [1.165, 1.54) is 18.2 Å². The summed E-state index contributed by atoms with van der Waals surface area (Å²) in [6.45, 7) is 0. The van der Waals surface area contributed by atoms with Crippen LogP contribution in [0.25, 0.3) is 0 Å². The van der Waals surface area contributed by atoms with Gasteiger partial charge in [-0.25, -0.2) is 0 Å². The van der Waals surface area contributed by atoms with Crippen molar-refractivity contribution in [2.24, 2.45) is 0 Å². The Morgan fingerprint density at radius 3 is 2.26 bits per heavy atom. The van der Waals surface area contributed by atoms with Crippen molar-refractivity contribution >= 4 is 11.7 Å². The third kappa shape index (κ3) is 3.28. The van der Waals surface area contributed by atoms with Crippen LogP contribution < -0.4 is 26.3 Å². The van der Waals surface area contributed by atoms with Crippen LogP contribution in [0, 0.1) is 17.3 Å². The number of carbonyl (C=O) groups is 1. The number of rotatable bonds is 4. The predicted molar refractivity (Wildman–Crippen MR) is 61.3 cm³/mol. The van der Waals surface area contributed by atoms with Crippen LogP contribution in [0.1, 0.15) is 10.4 Å². The summed E-state index contributed by atoms with van der Waals surface area (Å²) >= 11 is -0.703. The number of hydrogen-bond donors (Lipinski definition) is 0. The quantitative estimate of drug-likeness (QED) is 0.358. The van der Waals surface area contributed by atoms with Crippen molar-refractivity contribution in [1.82, 2.24) is 0 Å². The van der Waals surface area contributed by atoms with Gasteiger partial charge in [-0.3, -0.25) is 0 Å². The SMILES string of the molecule is O=C([O-])c1ccccc1[I-]c1ccc([N+](=O)[O-])cc1. The van der Waals surface area contributed by atoms with Gasteiger partial charge >= 0.3 is 119 Å². The van der Waals surface area contributed by atoms with Crippen LogP contribution in [0.5, 0.6) is 0 Å². The first kappa shape index (κ1) is 13.5. The molecule has 0 aromatic heterocycles. The molecule has 0 unspecified atom stereocenters. The van der Waals surface area contributed by atoms with E-state index in [1.807, 2.05) is 0 Å². The zero-order valence-corrected chi connectivity index (χ0v) is 11.7. The van der Waals surface area contributed by atoms with E-state index < -0.39 is 32.1 Å². The number of non-ortho nitro benzene ring substituents is 1. The zero-order chi connectivity index (χ0) is 13.8. The van der Waals surface area contributed by atoms with E-state index in [1.54, 1.807) is 30.3 Å². The Morgan fingerprint density at radius 1 is 1.05 bits per heavy atom. The van der Waals surface area contributed by atoms with Gasteiger partial charge < -0.3 is 0 Å². The van der Waals surface area contributed by atoms with Gasteiger partial charge in [0.15, 0.2) is 0 Å². The molecule has 0 fully saturated rings. The Kier molecular flexibility index (Phi) is 4.10. The van der Waals surface area contributed by atoms with E-state index in [2.05, 4.69) is 0 Å². The molecule has 0 aliphatic rings. The Bertz CT molecular complexity index is 625. The standard InChI is InChI=1S/C13H9INO4/c16-13(17)11-3-1-2-4-12(11)14-9-5-7-10(8-6-9)15(18)19/h1-8H,(H,16,17)/q-1/p-1. The summed E-state index contributed by atoms with van der Waals surface area (Å²) in [5, 5.41) is 21.5. The van der Waals surface area contributed by atoms with Crippen molar-refractivity contribution in [2.75, 3.05) is 0 Å². The fourth-order valence-electron chi connectivity index (χ4n) is 1.45. The molecule has 0 spiro atoms. The van der Waals surface area contributed by atoms with Crippen molar-refractivity contribution in [3.63, 3.8) is 0 Å². The molecule has 98 valence electrons. The molecule has 2 aromatic carbocycles. The molecule has 6 heteroatoms. The number of carboxylic acid groups (broad SMARTS) is 1. The number of aromatic carboxylic acids is 1. The monoisotopic (exact) mass is 369 g/mol. The third-order valence-corrected chi connectivity index (χ3v) is 5.21. The van der Waals surface area contributed by atoms with Crippen LogP contribution in [0.4, 0.5) is 5.69 Å². The number of nitro benzene ring substituents is 1. The van der Waals surface area contributed by atoms with Gasteiger partial charge in [-0.15, -0.1) is 0 Å². The summed E-state index contributed by atoms with van der Waals surface area (Å²) in [6, 6.07) is 12.9. The first-order valence-corrected chi connectivity index (χ1v) is 7.43. The number of hydrogen-bond acceptors (Lipinski definition) is 4. The molecule has 0 bridgehead atoms. The van der Waals surface area contributed by atoms with Crippen molar-refractivity contribution in [2.45, 2.75) is 0 Å². The number of carboxylic acids is 1. The maximum atomic E-state index is 11.0. The summed E-state index contributed by atoms with van der Waals surface area (Å²) in [5.41, 5.74) is 0.217. The van der Waals surface area contributed by atoms with Gasteiger partial charge in [-0.05, 0) is 0 Å². The summed E-state index contributed by atoms with van der Waals surface area (Å²) in [5.74, 6) is -1.20. The number of nitrogens with zero attached hydrogens (tertiary/aromatic N) is 1. The number of nitro groups is 1. The van der Waals surface area contributed by atoms with Crippen LogP contribution in [0.15, 0.2) is 48.5 Å². The maximum absolute atomic E-state index is 11.0. The molecule has 0 atom stereocenters. The molecular formula is C13H8INO4-2. The second-order valence-corrected chi connectivity index (χ2v) is 6.54. The molecule has 0 amide bonds. The topological polar surface area (TPSA) is 83.3 Å². The Morgan fingerprint density at radius 2 is 1.68 bits per heavy atom. The fraction of sp³-hybridized carbons (Fsp3) is 0. The van der Waals surface area contributed by atoms with Crippen molar-refractivity contribution < 1.29 is 36.0 Å². The molecule has 0 saturated heterocycles. The Labute approximate surface area is 119 Å². The van der Waals surface area contributed by atoms with Crippen LogP contribution >= 0.6 is 0 Å². The van der Waals surface area contributed by atoms with Crippen molar-refractivity contribution in [3.05, 3.63) is 71.3 Å². The summed E-state index contributed by atoms with van der Waals surface area (Å²) in [7, 11) is 0. The zero-order valence-electron chi connectivity index (χ0n) is 9.58. The molecule has 2 aromatic rings. The molecule has 19 heavy (non-hydrogen) atoms. The second-order valence-electron chi connectivity index (χ2n) is 3.60. The predicted octanol–water partition coefficient (Wildman–Crippen LogP) is -1.91. The van der Waals surface area contributed by atoms with Crippen LogP contribution in [0.2, 0.25) is 0 Å². The van der Waals surface area contributed by atoms with Gasteiger partial charge in [0.1, 0.15) is 0 Å².